The van der Waals surface area contributed by atoms with E-state index in [1.807, 2.05) is 22.6 Å². The monoisotopic (exact) mass is 845 g/mol. The number of hydrogen-bond acceptors (Lipinski definition) is 15. The molecule has 2 aromatic heterocycles. The maximum Gasteiger partial charge on any atom is 0.490 e. The third-order valence-corrected chi connectivity index (χ3v) is 10.8. The van der Waals surface area contributed by atoms with E-state index in [-0.39, 0.29) is 23.9 Å². The third-order valence-electron chi connectivity index (χ3n) is 6.30. The first-order valence-corrected chi connectivity index (χ1v) is 19.9. The number of carbonyl (C=O) groups excluding carboxylic acids is 2. The van der Waals surface area contributed by atoms with Gasteiger partial charge < -0.3 is 50.5 Å². The molecule has 0 bridgehead atoms. The van der Waals surface area contributed by atoms with Gasteiger partial charge in [-0.1, -0.05) is 35.4 Å². The molecule has 0 spiro atoms. The second kappa shape index (κ2) is 17.8. The average Bonchev–Trinajstić information content (AvgIpc) is 3.52. The Kier molecular flexibility index (Phi) is 15.1. The summed E-state index contributed by atoms with van der Waals surface area (Å²) in [5.74, 6) is 0.140. The molecule has 3 heterocycles. The molecule has 22 nitrogen and oxygen atoms in total. The summed E-state index contributed by atoms with van der Waals surface area (Å²) in [5.41, 5.74) is 0.517. The molecule has 1 aliphatic rings. The zero-order valence-corrected chi connectivity index (χ0v) is 29.2. The molecule has 9 N–H and O–H groups in total. The zero-order valence-electron chi connectivity index (χ0n) is 24.4. The van der Waals surface area contributed by atoms with Gasteiger partial charge in [0.25, 0.3) is 0 Å². The van der Waals surface area contributed by atoms with Crippen molar-refractivity contribution in [3.05, 3.63) is 12.7 Å². The van der Waals surface area contributed by atoms with Crippen molar-refractivity contribution in [2.24, 2.45) is 0 Å². The van der Waals surface area contributed by atoms with Crippen LogP contribution in [0.4, 0.5) is 5.82 Å². The van der Waals surface area contributed by atoms with Crippen molar-refractivity contribution in [1.82, 2.24) is 30.2 Å². The highest BCUT2D eigenvalue weighted by molar-refractivity contribution is 14.1. The van der Waals surface area contributed by atoms with Crippen LogP contribution >= 0.6 is 46.1 Å². The SMILES string of the molecule is O=C(CI)NCCC(=O)NCCCCCCNc1ncnc2c1ncn2C1OC(COP(=O)(O)OP(=O)(O)OP(=O)(O)O)C(O)C1O. The van der Waals surface area contributed by atoms with Gasteiger partial charge >= 0.3 is 23.5 Å². The summed E-state index contributed by atoms with van der Waals surface area (Å²) in [6.45, 7) is 0.384. The lowest BCUT2D eigenvalue weighted by Gasteiger charge is -2.19. The summed E-state index contributed by atoms with van der Waals surface area (Å²) in [6, 6.07) is 0. The molecule has 266 valence electrons. The number of fused-ring (bicyclic) bond motifs is 1. The third kappa shape index (κ3) is 12.9. The Labute approximate surface area is 280 Å². The number of amides is 2. The molecule has 3 rings (SSSR count). The average molecular weight is 845 g/mol. The molecular weight excluding hydrogens is 810 g/mol. The van der Waals surface area contributed by atoms with E-state index >= 15 is 0 Å². The first-order valence-electron chi connectivity index (χ1n) is 13.8. The standard InChI is InChI=1S/C21H35IN7O15P3/c22-9-15(31)24-8-5-14(30)23-6-3-1-2-4-7-25-19-16-20(27-11-26-19)29(12-28-16)21-18(33)17(32)13(42-21)10-41-46(37,38)44-47(39,40)43-45(34,35)36/h11-13,17-18,21,32-33H,1-10H2,(H,23,30)(H,24,31)(H,37,38)(H,39,40)(H,25,26,27)(H2,34,35,36). The van der Waals surface area contributed by atoms with Crippen LogP contribution < -0.4 is 16.0 Å². The second-order valence-corrected chi connectivity index (χ2v) is 15.1. The van der Waals surface area contributed by atoms with Crippen LogP contribution in [0.1, 0.15) is 38.3 Å². The Morgan fingerprint density at radius 2 is 1.57 bits per heavy atom. The van der Waals surface area contributed by atoms with Gasteiger partial charge in [-0.05, 0) is 12.8 Å². The van der Waals surface area contributed by atoms with Crippen molar-refractivity contribution in [1.29, 1.82) is 0 Å². The summed E-state index contributed by atoms with van der Waals surface area (Å²) in [5, 5.41) is 29.6. The molecule has 0 aromatic carbocycles. The van der Waals surface area contributed by atoms with Gasteiger partial charge in [-0.15, -0.1) is 0 Å². The van der Waals surface area contributed by atoms with E-state index < -0.39 is 54.6 Å². The highest BCUT2D eigenvalue weighted by Crippen LogP contribution is 2.66. The highest BCUT2D eigenvalue weighted by Gasteiger charge is 2.47. The lowest BCUT2D eigenvalue weighted by Crippen LogP contribution is -2.33. The molecule has 26 heteroatoms. The predicted molar refractivity (Wildman–Crippen MR) is 168 cm³/mol. The van der Waals surface area contributed by atoms with Gasteiger partial charge in [0.2, 0.25) is 11.8 Å². The van der Waals surface area contributed by atoms with Crippen LogP contribution in [0.15, 0.2) is 12.7 Å². The predicted octanol–water partition coefficient (Wildman–Crippen LogP) is -0.181. The molecular formula is C21H35IN7O15P3. The smallest absolute Gasteiger partial charge is 0.387 e. The van der Waals surface area contributed by atoms with Crippen LogP contribution in [0.3, 0.4) is 0 Å². The fraction of sp³-hybridized carbons (Fsp3) is 0.667. The number of aromatic nitrogens is 4. The van der Waals surface area contributed by atoms with Crippen LogP contribution in [0.5, 0.6) is 0 Å². The number of phosphoric acid groups is 3. The zero-order chi connectivity index (χ0) is 34.8. The molecule has 2 amide bonds. The molecule has 0 saturated carbocycles. The fourth-order valence-corrected chi connectivity index (χ4v) is 7.52. The van der Waals surface area contributed by atoms with Gasteiger partial charge in [-0.25, -0.2) is 28.6 Å². The minimum atomic E-state index is -5.75. The number of halogens is 1. The van der Waals surface area contributed by atoms with Gasteiger partial charge in [0.05, 0.1) is 17.4 Å². The van der Waals surface area contributed by atoms with Crippen LogP contribution in [0.25, 0.3) is 11.2 Å². The van der Waals surface area contributed by atoms with E-state index in [2.05, 4.69) is 44.0 Å². The van der Waals surface area contributed by atoms with E-state index in [9.17, 15) is 43.3 Å². The van der Waals surface area contributed by atoms with Gasteiger partial charge in [0, 0.05) is 26.1 Å². The minimum absolute atomic E-state index is 0.114. The second-order valence-electron chi connectivity index (χ2n) is 9.90. The normalized spacial score (nSPS) is 22.4. The number of aliphatic hydroxyl groups excluding tert-OH is 2. The molecule has 1 fully saturated rings. The van der Waals surface area contributed by atoms with Crippen molar-refractivity contribution in [2.45, 2.75) is 56.6 Å². The van der Waals surface area contributed by atoms with Crippen molar-refractivity contribution in [3.63, 3.8) is 0 Å². The maximum absolute atomic E-state index is 12.0. The van der Waals surface area contributed by atoms with Crippen molar-refractivity contribution < 1.29 is 71.0 Å². The molecule has 2 aromatic rings. The number of alkyl halides is 1. The number of phosphoric ester groups is 1. The van der Waals surface area contributed by atoms with Crippen LogP contribution in [-0.2, 0) is 41.2 Å². The van der Waals surface area contributed by atoms with Crippen molar-refractivity contribution >= 4 is 74.9 Å². The number of imidazole rings is 1. The van der Waals surface area contributed by atoms with Crippen LogP contribution in [0.2, 0.25) is 0 Å². The topological polar surface area (TPSA) is 323 Å². The van der Waals surface area contributed by atoms with Crippen molar-refractivity contribution in [3.8, 4) is 0 Å². The number of hydrogen-bond donors (Lipinski definition) is 9. The Bertz CT molecular complexity index is 1510. The highest BCUT2D eigenvalue weighted by atomic mass is 127. The van der Waals surface area contributed by atoms with E-state index in [0.29, 0.717) is 35.4 Å². The number of ether oxygens (including phenoxy) is 1. The number of rotatable bonds is 20. The molecule has 6 atom stereocenters. The summed E-state index contributed by atoms with van der Waals surface area (Å²) in [6.07, 6.45) is -0.126. The number of unbranched alkanes of at least 4 members (excludes halogenated alkanes) is 3. The fourth-order valence-electron chi connectivity index (χ4n) is 4.22. The Hall–Kier alpha value is -1.69. The molecule has 47 heavy (non-hydrogen) atoms. The molecule has 6 unspecified atom stereocenters. The quantitative estimate of drug-likeness (QED) is 0.0361. The molecule has 1 aliphatic heterocycles. The number of anilines is 1. The van der Waals surface area contributed by atoms with Gasteiger partial charge in [-0.3, -0.25) is 18.7 Å². The summed E-state index contributed by atoms with van der Waals surface area (Å²) in [4.78, 5) is 71.7. The lowest BCUT2D eigenvalue weighted by atomic mass is 10.1. The first kappa shape index (κ1) is 39.7. The largest absolute Gasteiger partial charge is 0.490 e. The van der Waals surface area contributed by atoms with Gasteiger partial charge in [0.15, 0.2) is 23.2 Å². The van der Waals surface area contributed by atoms with E-state index in [0.717, 1.165) is 25.7 Å². The first-order chi connectivity index (χ1) is 22.0. The van der Waals surface area contributed by atoms with Gasteiger partial charge in [0.1, 0.15) is 24.6 Å². The maximum atomic E-state index is 12.0. The number of nitrogens with zero attached hydrogens (tertiary/aromatic N) is 4. The van der Waals surface area contributed by atoms with Crippen molar-refractivity contribution in [2.75, 3.05) is 36.0 Å². The summed E-state index contributed by atoms with van der Waals surface area (Å²) >= 11 is 1.94. The number of aliphatic hydroxyl groups is 2. The molecule has 0 aliphatic carbocycles. The Morgan fingerprint density at radius 3 is 2.26 bits per heavy atom. The van der Waals surface area contributed by atoms with E-state index in [1.165, 1.54) is 17.2 Å². The summed E-state index contributed by atoms with van der Waals surface area (Å²) < 4.78 is 53.3. The Morgan fingerprint density at radius 1 is 0.894 bits per heavy atom. The molecule has 1 saturated heterocycles. The Balaban J connectivity index is 1.46. The number of nitrogens with one attached hydrogen (secondary N) is 3. The number of carbonyl (C=O) groups is 2. The molecule has 0 radical (unpaired) electrons. The van der Waals surface area contributed by atoms with Crippen LogP contribution in [0, 0.1) is 0 Å². The van der Waals surface area contributed by atoms with E-state index in [1.54, 1.807) is 0 Å². The lowest BCUT2D eigenvalue weighted by molar-refractivity contribution is -0.121. The minimum Gasteiger partial charge on any atom is -0.387 e. The van der Waals surface area contributed by atoms with Gasteiger partial charge in [-0.2, -0.15) is 8.62 Å². The summed E-state index contributed by atoms with van der Waals surface area (Å²) in [7, 11) is -16.8. The van der Waals surface area contributed by atoms with E-state index in [4.69, 9.17) is 14.5 Å². The van der Waals surface area contributed by atoms with Crippen LogP contribution in [-0.4, -0.2) is 110 Å².